The summed E-state index contributed by atoms with van der Waals surface area (Å²) in [5.41, 5.74) is 13.1. The molecule has 0 amide bonds. The SMILES string of the molecule is c1ccc(-c2cccc(N3c4ccccc4-c4ccccc4-c4cc(-c5nc(-c6ccccc6)nc(-c6ccccc6)n5)ccc43)c2)cc1. The lowest BCUT2D eigenvalue weighted by atomic mass is 9.93. The van der Waals surface area contributed by atoms with Gasteiger partial charge in [0.05, 0.1) is 11.4 Å². The van der Waals surface area contributed by atoms with Crippen LogP contribution in [0.1, 0.15) is 0 Å². The molecule has 9 rings (SSSR count). The van der Waals surface area contributed by atoms with Crippen LogP contribution in [0.4, 0.5) is 17.1 Å². The molecule has 230 valence electrons. The van der Waals surface area contributed by atoms with Crippen molar-refractivity contribution in [2.75, 3.05) is 4.90 Å². The lowest BCUT2D eigenvalue weighted by Gasteiger charge is -2.28. The van der Waals surface area contributed by atoms with Crippen LogP contribution in [-0.2, 0) is 0 Å². The van der Waals surface area contributed by atoms with Crippen molar-refractivity contribution in [3.05, 3.63) is 182 Å². The van der Waals surface area contributed by atoms with Crippen LogP contribution in [0.15, 0.2) is 182 Å². The maximum absolute atomic E-state index is 5.05. The Kier molecular flexibility index (Phi) is 7.10. The number of para-hydroxylation sites is 1. The number of nitrogens with zero attached hydrogens (tertiary/aromatic N) is 4. The summed E-state index contributed by atoms with van der Waals surface area (Å²) in [6.07, 6.45) is 0. The van der Waals surface area contributed by atoms with Crippen LogP contribution in [0, 0.1) is 0 Å². The van der Waals surface area contributed by atoms with Gasteiger partial charge in [-0.3, -0.25) is 0 Å². The number of anilines is 3. The molecule has 4 heteroatoms. The third kappa shape index (κ3) is 5.26. The highest BCUT2D eigenvalue weighted by molar-refractivity contribution is 6.03. The molecule has 0 aliphatic carbocycles. The summed E-state index contributed by atoms with van der Waals surface area (Å²) in [5, 5.41) is 0. The second-order valence-electron chi connectivity index (χ2n) is 12.1. The first kappa shape index (κ1) is 28.6. The van der Waals surface area contributed by atoms with Crippen molar-refractivity contribution in [1.29, 1.82) is 0 Å². The molecule has 49 heavy (non-hydrogen) atoms. The molecule has 0 radical (unpaired) electrons. The topological polar surface area (TPSA) is 41.9 Å². The van der Waals surface area contributed by atoms with Gasteiger partial charge >= 0.3 is 0 Å². The molecule has 1 aromatic heterocycles. The molecule has 0 saturated carbocycles. The van der Waals surface area contributed by atoms with Gasteiger partial charge in [0.1, 0.15) is 0 Å². The summed E-state index contributed by atoms with van der Waals surface area (Å²) in [5.74, 6) is 1.92. The third-order valence-electron chi connectivity index (χ3n) is 9.06. The minimum Gasteiger partial charge on any atom is -0.309 e. The van der Waals surface area contributed by atoms with E-state index in [0.29, 0.717) is 17.5 Å². The van der Waals surface area contributed by atoms with E-state index in [-0.39, 0.29) is 0 Å². The fourth-order valence-electron chi connectivity index (χ4n) is 6.74. The largest absolute Gasteiger partial charge is 0.309 e. The van der Waals surface area contributed by atoms with Gasteiger partial charge in [0.2, 0.25) is 0 Å². The summed E-state index contributed by atoms with van der Waals surface area (Å²) >= 11 is 0. The van der Waals surface area contributed by atoms with Gasteiger partial charge in [0.15, 0.2) is 17.5 Å². The first-order valence-electron chi connectivity index (χ1n) is 16.5. The van der Waals surface area contributed by atoms with Gasteiger partial charge in [-0.2, -0.15) is 0 Å². The van der Waals surface area contributed by atoms with E-state index in [9.17, 15) is 0 Å². The molecular formula is C45H30N4. The summed E-state index contributed by atoms with van der Waals surface area (Å²) in [6, 6.07) is 63.5. The van der Waals surface area contributed by atoms with E-state index in [1.54, 1.807) is 0 Å². The predicted molar refractivity (Wildman–Crippen MR) is 201 cm³/mol. The van der Waals surface area contributed by atoms with Crippen molar-refractivity contribution < 1.29 is 0 Å². The highest BCUT2D eigenvalue weighted by Crippen LogP contribution is 2.51. The second kappa shape index (κ2) is 12.2. The maximum Gasteiger partial charge on any atom is 0.164 e. The molecule has 1 aliphatic heterocycles. The molecule has 0 N–H and O–H groups in total. The summed E-state index contributed by atoms with van der Waals surface area (Å²) in [4.78, 5) is 17.4. The van der Waals surface area contributed by atoms with Gasteiger partial charge in [-0.25, -0.2) is 15.0 Å². The zero-order valence-corrected chi connectivity index (χ0v) is 26.6. The Bertz CT molecular complexity index is 2380. The minimum atomic E-state index is 0.632. The van der Waals surface area contributed by atoms with Crippen LogP contribution in [0.5, 0.6) is 0 Å². The molecule has 0 fully saturated rings. The molecule has 0 atom stereocenters. The number of hydrogen-bond donors (Lipinski definition) is 0. The van der Waals surface area contributed by atoms with Crippen LogP contribution in [0.2, 0.25) is 0 Å². The first-order valence-corrected chi connectivity index (χ1v) is 16.5. The normalized spacial score (nSPS) is 11.6. The predicted octanol–water partition coefficient (Wildman–Crippen LogP) is 11.7. The zero-order valence-electron chi connectivity index (χ0n) is 26.6. The number of rotatable bonds is 5. The van der Waals surface area contributed by atoms with Gasteiger partial charge in [-0.05, 0) is 58.7 Å². The second-order valence-corrected chi connectivity index (χ2v) is 12.1. The van der Waals surface area contributed by atoms with Crippen molar-refractivity contribution in [2.45, 2.75) is 0 Å². The van der Waals surface area contributed by atoms with E-state index in [1.807, 2.05) is 60.7 Å². The summed E-state index contributed by atoms with van der Waals surface area (Å²) in [6.45, 7) is 0. The van der Waals surface area contributed by atoms with Gasteiger partial charge in [-0.1, -0.05) is 146 Å². The van der Waals surface area contributed by atoms with Crippen LogP contribution >= 0.6 is 0 Å². The summed E-state index contributed by atoms with van der Waals surface area (Å²) in [7, 11) is 0. The van der Waals surface area contributed by atoms with Crippen molar-refractivity contribution >= 4 is 17.1 Å². The average molecular weight is 627 g/mol. The Balaban J connectivity index is 1.27. The van der Waals surface area contributed by atoms with Gasteiger partial charge in [0, 0.05) is 33.5 Å². The Morgan fingerprint density at radius 1 is 0.286 bits per heavy atom. The van der Waals surface area contributed by atoms with Crippen LogP contribution in [-0.4, -0.2) is 15.0 Å². The summed E-state index contributed by atoms with van der Waals surface area (Å²) < 4.78 is 0. The Hall–Kier alpha value is -6.65. The molecule has 8 aromatic rings. The number of fused-ring (bicyclic) bond motifs is 5. The van der Waals surface area contributed by atoms with Gasteiger partial charge < -0.3 is 4.90 Å². The molecule has 0 spiro atoms. The van der Waals surface area contributed by atoms with E-state index in [4.69, 9.17) is 15.0 Å². The molecule has 2 heterocycles. The monoisotopic (exact) mass is 626 g/mol. The molecular weight excluding hydrogens is 597 g/mol. The minimum absolute atomic E-state index is 0.632. The van der Waals surface area contributed by atoms with Gasteiger partial charge in [0.25, 0.3) is 0 Å². The lowest BCUT2D eigenvalue weighted by Crippen LogP contribution is -2.11. The van der Waals surface area contributed by atoms with Crippen molar-refractivity contribution in [3.63, 3.8) is 0 Å². The van der Waals surface area contributed by atoms with E-state index in [0.717, 1.165) is 44.9 Å². The third-order valence-corrected chi connectivity index (χ3v) is 9.06. The van der Waals surface area contributed by atoms with Gasteiger partial charge in [-0.15, -0.1) is 0 Å². The standard InChI is InChI=1S/C45H30N4/c1-4-15-31(16-5-1)34-21-14-22-36(29-34)49-41-26-13-12-25-39(41)37-23-10-11-24-38(37)40-30-35(27-28-42(40)49)45-47-43(32-17-6-2-7-18-32)46-44(48-45)33-19-8-3-9-20-33/h1-30H. The first-order chi connectivity index (χ1) is 24.3. The van der Waals surface area contributed by atoms with Crippen molar-refractivity contribution in [2.24, 2.45) is 0 Å². The fourth-order valence-corrected chi connectivity index (χ4v) is 6.74. The lowest BCUT2D eigenvalue weighted by molar-refractivity contribution is 1.07. The van der Waals surface area contributed by atoms with E-state index in [1.165, 1.54) is 22.3 Å². The highest BCUT2D eigenvalue weighted by Gasteiger charge is 2.27. The van der Waals surface area contributed by atoms with Crippen molar-refractivity contribution in [3.8, 4) is 67.5 Å². The molecule has 0 unspecified atom stereocenters. The molecule has 7 aromatic carbocycles. The highest BCUT2D eigenvalue weighted by atomic mass is 15.1. The maximum atomic E-state index is 5.05. The quantitative estimate of drug-likeness (QED) is 0.191. The molecule has 4 nitrogen and oxygen atoms in total. The molecule has 0 bridgehead atoms. The van der Waals surface area contributed by atoms with Crippen molar-refractivity contribution in [1.82, 2.24) is 15.0 Å². The average Bonchev–Trinajstić information content (AvgIpc) is 3.31. The molecule has 1 aliphatic rings. The van der Waals surface area contributed by atoms with Crippen LogP contribution in [0.3, 0.4) is 0 Å². The zero-order chi connectivity index (χ0) is 32.6. The molecule has 0 saturated heterocycles. The Morgan fingerprint density at radius 2 is 0.755 bits per heavy atom. The Labute approximate surface area is 285 Å². The fraction of sp³-hybridized carbons (Fsp3) is 0. The Morgan fingerprint density at radius 3 is 1.39 bits per heavy atom. The van der Waals surface area contributed by atoms with Crippen LogP contribution < -0.4 is 4.90 Å². The number of aromatic nitrogens is 3. The van der Waals surface area contributed by atoms with E-state index in [2.05, 4.69) is 126 Å². The van der Waals surface area contributed by atoms with E-state index < -0.39 is 0 Å². The van der Waals surface area contributed by atoms with Crippen LogP contribution in [0.25, 0.3) is 67.5 Å². The van der Waals surface area contributed by atoms with E-state index >= 15 is 0 Å². The number of benzene rings is 7. The smallest absolute Gasteiger partial charge is 0.164 e. The number of hydrogen-bond acceptors (Lipinski definition) is 4.